The SMILES string of the molecule is CC(C)N(CCO)CCC(=O)c1ccc(Br)s1. The minimum atomic E-state index is 0.136. The maximum atomic E-state index is 11.9. The van der Waals surface area contributed by atoms with Crippen LogP contribution in [0.15, 0.2) is 15.9 Å². The number of nitrogens with zero attached hydrogens (tertiary/aromatic N) is 1. The molecule has 0 aliphatic carbocycles. The Hall–Kier alpha value is -0.230. The first-order valence-corrected chi connectivity index (χ1v) is 7.29. The Bertz CT molecular complexity index is 365. The van der Waals surface area contributed by atoms with Crippen LogP contribution in [-0.2, 0) is 0 Å². The summed E-state index contributed by atoms with van der Waals surface area (Å²) in [6.45, 7) is 5.60. The molecule has 1 rings (SSSR count). The maximum Gasteiger partial charge on any atom is 0.174 e. The molecule has 0 saturated heterocycles. The molecular weight excluding hydrogens is 302 g/mol. The molecule has 1 aromatic heterocycles. The van der Waals surface area contributed by atoms with E-state index in [-0.39, 0.29) is 12.4 Å². The van der Waals surface area contributed by atoms with Crippen molar-refractivity contribution in [1.82, 2.24) is 4.90 Å². The molecule has 1 aromatic rings. The third-order valence-corrected chi connectivity index (χ3v) is 4.26. The monoisotopic (exact) mass is 319 g/mol. The summed E-state index contributed by atoms with van der Waals surface area (Å²) in [6.07, 6.45) is 0.505. The van der Waals surface area contributed by atoms with E-state index in [2.05, 4.69) is 34.7 Å². The Labute approximate surface area is 115 Å². The summed E-state index contributed by atoms with van der Waals surface area (Å²) in [6, 6.07) is 4.10. The van der Waals surface area contributed by atoms with Crippen LogP contribution in [0.4, 0.5) is 0 Å². The summed E-state index contributed by atoms with van der Waals surface area (Å²) in [5, 5.41) is 8.94. The van der Waals surface area contributed by atoms with Crippen LogP contribution in [0.3, 0.4) is 0 Å². The van der Waals surface area contributed by atoms with Gasteiger partial charge < -0.3 is 5.11 Å². The van der Waals surface area contributed by atoms with Crippen molar-refractivity contribution in [3.05, 3.63) is 20.8 Å². The summed E-state index contributed by atoms with van der Waals surface area (Å²) in [4.78, 5) is 14.8. The van der Waals surface area contributed by atoms with E-state index in [1.165, 1.54) is 11.3 Å². The van der Waals surface area contributed by atoms with Gasteiger partial charge in [0.2, 0.25) is 0 Å². The van der Waals surface area contributed by atoms with Gasteiger partial charge in [0.25, 0.3) is 0 Å². The van der Waals surface area contributed by atoms with E-state index in [1.54, 1.807) is 0 Å². The number of halogens is 1. The van der Waals surface area contributed by atoms with Gasteiger partial charge in [-0.1, -0.05) is 0 Å². The van der Waals surface area contributed by atoms with Crippen LogP contribution in [0.1, 0.15) is 29.9 Å². The summed E-state index contributed by atoms with van der Waals surface area (Å²) in [5.41, 5.74) is 0. The van der Waals surface area contributed by atoms with Gasteiger partial charge in [0, 0.05) is 25.6 Å². The first kappa shape index (κ1) is 14.8. The number of aliphatic hydroxyl groups is 1. The number of hydrogen-bond donors (Lipinski definition) is 1. The maximum absolute atomic E-state index is 11.9. The highest BCUT2D eigenvalue weighted by atomic mass is 79.9. The van der Waals surface area contributed by atoms with Crippen LogP contribution in [-0.4, -0.2) is 41.5 Å². The van der Waals surface area contributed by atoms with Gasteiger partial charge in [-0.05, 0) is 41.9 Å². The van der Waals surface area contributed by atoms with E-state index in [1.807, 2.05) is 12.1 Å². The Morgan fingerprint density at radius 2 is 2.18 bits per heavy atom. The minimum absolute atomic E-state index is 0.136. The molecule has 0 aliphatic heterocycles. The Balaban J connectivity index is 2.46. The quantitative estimate of drug-likeness (QED) is 0.786. The molecule has 0 spiro atoms. The number of ketones is 1. The molecule has 17 heavy (non-hydrogen) atoms. The zero-order valence-corrected chi connectivity index (χ0v) is 12.6. The fraction of sp³-hybridized carbons (Fsp3) is 0.583. The van der Waals surface area contributed by atoms with Crippen molar-refractivity contribution >= 4 is 33.0 Å². The molecule has 0 fully saturated rings. The lowest BCUT2D eigenvalue weighted by atomic mass is 10.2. The van der Waals surface area contributed by atoms with E-state index >= 15 is 0 Å². The van der Waals surface area contributed by atoms with Crippen molar-refractivity contribution in [1.29, 1.82) is 0 Å². The molecule has 1 N–H and O–H groups in total. The number of aliphatic hydroxyl groups excluding tert-OH is 1. The molecule has 3 nitrogen and oxygen atoms in total. The van der Waals surface area contributed by atoms with Crippen molar-refractivity contribution in [3.8, 4) is 0 Å². The topological polar surface area (TPSA) is 40.5 Å². The van der Waals surface area contributed by atoms with Crippen LogP contribution in [0.5, 0.6) is 0 Å². The standard InChI is InChI=1S/C12H18BrNO2S/c1-9(2)14(7-8-15)6-5-10(16)11-3-4-12(13)17-11/h3-4,9,15H,5-8H2,1-2H3. The van der Waals surface area contributed by atoms with E-state index in [0.717, 1.165) is 8.66 Å². The van der Waals surface area contributed by atoms with Gasteiger partial charge in [0.05, 0.1) is 15.3 Å². The average molecular weight is 320 g/mol. The number of hydrogen-bond acceptors (Lipinski definition) is 4. The highest BCUT2D eigenvalue weighted by molar-refractivity contribution is 9.11. The molecule has 0 atom stereocenters. The molecule has 0 amide bonds. The molecule has 0 bridgehead atoms. The highest BCUT2D eigenvalue weighted by Gasteiger charge is 2.13. The number of carbonyl (C=O) groups excluding carboxylic acids is 1. The van der Waals surface area contributed by atoms with Gasteiger partial charge in [0.15, 0.2) is 5.78 Å². The first-order valence-electron chi connectivity index (χ1n) is 5.68. The van der Waals surface area contributed by atoms with Crippen molar-refractivity contribution in [2.75, 3.05) is 19.7 Å². The highest BCUT2D eigenvalue weighted by Crippen LogP contribution is 2.23. The van der Waals surface area contributed by atoms with Crippen molar-refractivity contribution in [2.45, 2.75) is 26.3 Å². The zero-order chi connectivity index (χ0) is 12.8. The third kappa shape index (κ3) is 4.87. The first-order chi connectivity index (χ1) is 8.04. The second-order valence-electron chi connectivity index (χ2n) is 4.13. The fourth-order valence-electron chi connectivity index (χ4n) is 1.59. The van der Waals surface area contributed by atoms with E-state index in [4.69, 9.17) is 5.11 Å². The fourth-order valence-corrected chi connectivity index (χ4v) is 2.94. The van der Waals surface area contributed by atoms with Gasteiger partial charge in [-0.2, -0.15) is 0 Å². The smallest absolute Gasteiger partial charge is 0.174 e. The molecule has 0 radical (unpaired) electrons. The lowest BCUT2D eigenvalue weighted by molar-refractivity contribution is 0.0947. The van der Waals surface area contributed by atoms with E-state index < -0.39 is 0 Å². The van der Waals surface area contributed by atoms with E-state index in [9.17, 15) is 4.79 Å². The van der Waals surface area contributed by atoms with Crippen molar-refractivity contribution in [2.24, 2.45) is 0 Å². The summed E-state index contributed by atoms with van der Waals surface area (Å²) >= 11 is 4.82. The van der Waals surface area contributed by atoms with Crippen LogP contribution < -0.4 is 0 Å². The number of carbonyl (C=O) groups is 1. The lowest BCUT2D eigenvalue weighted by Gasteiger charge is -2.24. The summed E-state index contributed by atoms with van der Waals surface area (Å²) < 4.78 is 0.983. The van der Waals surface area contributed by atoms with Crippen LogP contribution in [0.25, 0.3) is 0 Å². The second kappa shape index (κ2) is 7.26. The largest absolute Gasteiger partial charge is 0.395 e. The molecule has 0 unspecified atom stereocenters. The van der Waals surface area contributed by atoms with Gasteiger partial charge >= 0.3 is 0 Å². The molecule has 0 saturated carbocycles. The molecular formula is C12H18BrNO2S. The molecule has 0 aromatic carbocycles. The number of Topliss-reactive ketones (excluding diaryl/α,β-unsaturated/α-hetero) is 1. The summed E-state index contributed by atoms with van der Waals surface area (Å²) in [7, 11) is 0. The van der Waals surface area contributed by atoms with Gasteiger partial charge in [-0.3, -0.25) is 9.69 Å². The zero-order valence-electron chi connectivity index (χ0n) is 10.1. The van der Waals surface area contributed by atoms with Gasteiger partial charge in [-0.15, -0.1) is 11.3 Å². The molecule has 96 valence electrons. The number of thiophene rings is 1. The van der Waals surface area contributed by atoms with Crippen molar-refractivity contribution < 1.29 is 9.90 Å². The summed E-state index contributed by atoms with van der Waals surface area (Å²) in [5.74, 6) is 0.171. The second-order valence-corrected chi connectivity index (χ2v) is 6.59. The molecule has 5 heteroatoms. The third-order valence-electron chi connectivity index (χ3n) is 2.59. The molecule has 1 heterocycles. The Morgan fingerprint density at radius 1 is 1.47 bits per heavy atom. The van der Waals surface area contributed by atoms with Crippen LogP contribution in [0, 0.1) is 0 Å². The van der Waals surface area contributed by atoms with Crippen molar-refractivity contribution in [3.63, 3.8) is 0 Å². The molecule has 0 aliphatic rings. The van der Waals surface area contributed by atoms with E-state index in [0.29, 0.717) is 25.6 Å². The lowest BCUT2D eigenvalue weighted by Crippen LogP contribution is -2.35. The van der Waals surface area contributed by atoms with Crippen LogP contribution in [0.2, 0.25) is 0 Å². The number of rotatable bonds is 7. The predicted octanol–water partition coefficient (Wildman–Crippen LogP) is 2.79. The predicted molar refractivity (Wildman–Crippen MR) is 74.8 cm³/mol. The Morgan fingerprint density at radius 3 is 2.65 bits per heavy atom. The minimum Gasteiger partial charge on any atom is -0.395 e. The van der Waals surface area contributed by atoms with Gasteiger partial charge in [-0.25, -0.2) is 0 Å². The van der Waals surface area contributed by atoms with Crippen LogP contribution >= 0.6 is 27.3 Å². The van der Waals surface area contributed by atoms with Gasteiger partial charge in [0.1, 0.15) is 0 Å². The Kier molecular flexibility index (Phi) is 6.33. The normalized spacial score (nSPS) is 11.4. The average Bonchev–Trinajstić information content (AvgIpc) is 2.70.